The zero-order chi connectivity index (χ0) is 13.0. The zero-order valence-corrected chi connectivity index (χ0v) is 14.8. The first-order valence-electron chi connectivity index (χ1n) is 7.80. The first-order valence-corrected chi connectivity index (χ1v) is 7.80. The van der Waals surface area contributed by atoms with E-state index in [0.29, 0.717) is 17.6 Å². The van der Waals surface area contributed by atoms with Crippen molar-refractivity contribution in [2.75, 3.05) is 26.7 Å². The number of hydrogen-bond acceptors (Lipinski definition) is 2. The fourth-order valence-corrected chi connectivity index (χ4v) is 4.15. The maximum absolute atomic E-state index is 6.04. The molecule has 0 radical (unpaired) electrons. The molecular weight excluding hydrogens is 365 g/mol. The summed E-state index contributed by atoms with van der Waals surface area (Å²) in [5.74, 6) is 2.63. The Hall–Kier alpha value is -0.0400. The maximum atomic E-state index is 6.04. The van der Waals surface area contributed by atoms with Gasteiger partial charge in [0.25, 0.3) is 0 Å². The molecule has 1 N–H and O–H groups in total. The monoisotopic (exact) mass is 391 g/mol. The average molecular weight is 391 g/mol. The number of likely N-dealkylation sites (tertiary alicyclic amines) is 1. The van der Waals surface area contributed by atoms with Crippen molar-refractivity contribution in [1.82, 2.24) is 10.2 Å². The Bertz CT molecular complexity index is 392. The molecule has 4 rings (SSSR count). The predicted molar refractivity (Wildman–Crippen MR) is 90.6 cm³/mol. The van der Waals surface area contributed by atoms with E-state index in [1.807, 2.05) is 7.05 Å². The summed E-state index contributed by atoms with van der Waals surface area (Å²) < 4.78 is 6.04. The van der Waals surface area contributed by atoms with Crippen molar-refractivity contribution in [1.29, 1.82) is 0 Å². The SMILES string of the molecule is CN=C(NCC1(C)CC1)N1CC2C3CCC(O3)C2C1.I. The van der Waals surface area contributed by atoms with Crippen molar-refractivity contribution in [2.24, 2.45) is 22.2 Å². The van der Waals surface area contributed by atoms with Crippen molar-refractivity contribution in [3.8, 4) is 0 Å². The van der Waals surface area contributed by atoms with Crippen LogP contribution in [0, 0.1) is 17.3 Å². The highest BCUT2D eigenvalue weighted by Crippen LogP contribution is 2.47. The Balaban J connectivity index is 0.00000121. The van der Waals surface area contributed by atoms with Crippen LogP contribution >= 0.6 is 24.0 Å². The van der Waals surface area contributed by atoms with Crippen LogP contribution in [0.5, 0.6) is 0 Å². The molecule has 0 amide bonds. The second-order valence-electron chi connectivity index (χ2n) is 7.23. The quantitative estimate of drug-likeness (QED) is 0.445. The lowest BCUT2D eigenvalue weighted by Gasteiger charge is -2.24. The van der Waals surface area contributed by atoms with Gasteiger partial charge in [-0.05, 0) is 31.1 Å². The van der Waals surface area contributed by atoms with Gasteiger partial charge in [0.15, 0.2) is 5.96 Å². The van der Waals surface area contributed by atoms with Crippen LogP contribution in [0.2, 0.25) is 0 Å². The van der Waals surface area contributed by atoms with Gasteiger partial charge in [-0.3, -0.25) is 4.99 Å². The molecule has 2 bridgehead atoms. The molecule has 114 valence electrons. The van der Waals surface area contributed by atoms with Crippen molar-refractivity contribution >= 4 is 29.9 Å². The van der Waals surface area contributed by atoms with E-state index in [0.717, 1.165) is 37.4 Å². The molecule has 0 spiro atoms. The van der Waals surface area contributed by atoms with Crippen LogP contribution in [0.25, 0.3) is 0 Å². The van der Waals surface area contributed by atoms with Crippen LogP contribution in [0.3, 0.4) is 0 Å². The Morgan fingerprint density at radius 2 is 1.85 bits per heavy atom. The van der Waals surface area contributed by atoms with Gasteiger partial charge in [0.2, 0.25) is 0 Å². The second kappa shape index (κ2) is 5.30. The largest absolute Gasteiger partial charge is 0.374 e. The van der Waals surface area contributed by atoms with Gasteiger partial charge >= 0.3 is 0 Å². The molecule has 1 saturated carbocycles. The number of aliphatic imine (C=N–C) groups is 1. The molecular formula is C15H26IN3O. The third-order valence-electron chi connectivity index (χ3n) is 5.74. The Morgan fingerprint density at radius 1 is 1.25 bits per heavy atom. The molecule has 4 aliphatic rings. The van der Waals surface area contributed by atoms with Crippen molar-refractivity contribution in [3.63, 3.8) is 0 Å². The fraction of sp³-hybridized carbons (Fsp3) is 0.933. The summed E-state index contributed by atoms with van der Waals surface area (Å²) in [5.41, 5.74) is 0.535. The van der Waals surface area contributed by atoms with E-state index in [-0.39, 0.29) is 24.0 Å². The van der Waals surface area contributed by atoms with Crippen LogP contribution in [0.1, 0.15) is 32.6 Å². The molecule has 0 aromatic rings. The standard InChI is InChI=1S/C15H25N3O.HI/c1-15(5-6-15)9-17-14(16-2)18-7-10-11(8-18)13-4-3-12(10)19-13;/h10-13H,3-9H2,1-2H3,(H,16,17);1H. The highest BCUT2D eigenvalue weighted by molar-refractivity contribution is 14.0. The predicted octanol–water partition coefficient (Wildman–Crippen LogP) is 2.09. The van der Waals surface area contributed by atoms with Gasteiger partial charge in [0.05, 0.1) is 12.2 Å². The molecule has 5 heteroatoms. The summed E-state index contributed by atoms with van der Waals surface area (Å²) in [6, 6.07) is 0. The molecule has 3 heterocycles. The van der Waals surface area contributed by atoms with Crippen LogP contribution in [-0.4, -0.2) is 49.7 Å². The minimum Gasteiger partial charge on any atom is -0.374 e. The number of rotatable bonds is 2. The normalized spacial score (nSPS) is 40.5. The van der Waals surface area contributed by atoms with Crippen LogP contribution in [-0.2, 0) is 4.74 Å². The Labute approximate surface area is 138 Å². The third kappa shape index (κ3) is 2.45. The van der Waals surface area contributed by atoms with Gasteiger partial charge in [-0.15, -0.1) is 24.0 Å². The second-order valence-corrected chi connectivity index (χ2v) is 7.23. The first-order chi connectivity index (χ1) is 9.18. The third-order valence-corrected chi connectivity index (χ3v) is 5.74. The molecule has 3 saturated heterocycles. The maximum Gasteiger partial charge on any atom is 0.193 e. The molecule has 3 aliphatic heterocycles. The summed E-state index contributed by atoms with van der Waals surface area (Å²) >= 11 is 0. The number of nitrogens with one attached hydrogen (secondary N) is 1. The lowest BCUT2D eigenvalue weighted by molar-refractivity contribution is 0.0767. The summed E-state index contributed by atoms with van der Waals surface area (Å²) in [7, 11) is 1.91. The van der Waals surface area contributed by atoms with Crippen molar-refractivity contribution < 1.29 is 4.74 Å². The van der Waals surface area contributed by atoms with Crippen LogP contribution < -0.4 is 5.32 Å². The number of hydrogen-bond donors (Lipinski definition) is 1. The zero-order valence-electron chi connectivity index (χ0n) is 12.5. The minimum atomic E-state index is 0. The first kappa shape index (κ1) is 14.9. The van der Waals surface area contributed by atoms with Gasteiger partial charge in [-0.1, -0.05) is 6.92 Å². The van der Waals surface area contributed by atoms with Gasteiger partial charge in [-0.25, -0.2) is 0 Å². The summed E-state index contributed by atoms with van der Waals surface area (Å²) in [6.45, 7) is 5.72. The van der Waals surface area contributed by atoms with Gasteiger partial charge < -0.3 is 15.0 Å². The lowest BCUT2D eigenvalue weighted by Crippen LogP contribution is -2.43. The molecule has 4 atom stereocenters. The Morgan fingerprint density at radius 3 is 2.35 bits per heavy atom. The molecule has 4 nitrogen and oxygen atoms in total. The molecule has 0 aromatic heterocycles. The number of nitrogens with zero attached hydrogens (tertiary/aromatic N) is 2. The van der Waals surface area contributed by atoms with Gasteiger partial charge in [0.1, 0.15) is 0 Å². The van der Waals surface area contributed by atoms with E-state index in [2.05, 4.69) is 22.1 Å². The molecule has 4 unspecified atom stereocenters. The highest BCUT2D eigenvalue weighted by atomic mass is 127. The highest BCUT2D eigenvalue weighted by Gasteiger charge is 2.53. The number of halogens is 1. The molecule has 20 heavy (non-hydrogen) atoms. The summed E-state index contributed by atoms with van der Waals surface area (Å²) in [6.07, 6.45) is 6.37. The fourth-order valence-electron chi connectivity index (χ4n) is 4.15. The van der Waals surface area contributed by atoms with E-state index in [4.69, 9.17) is 4.74 Å². The average Bonchev–Trinajstić information content (AvgIpc) is 2.85. The molecule has 0 aromatic carbocycles. The van der Waals surface area contributed by atoms with Crippen molar-refractivity contribution in [3.05, 3.63) is 0 Å². The van der Waals surface area contributed by atoms with E-state index >= 15 is 0 Å². The van der Waals surface area contributed by atoms with E-state index in [1.54, 1.807) is 0 Å². The van der Waals surface area contributed by atoms with Gasteiger partial charge in [0, 0.05) is 38.5 Å². The van der Waals surface area contributed by atoms with Crippen LogP contribution in [0.15, 0.2) is 4.99 Å². The smallest absolute Gasteiger partial charge is 0.193 e. The van der Waals surface area contributed by atoms with E-state index in [1.165, 1.54) is 25.7 Å². The molecule has 4 fully saturated rings. The minimum absolute atomic E-state index is 0. The number of fused-ring (bicyclic) bond motifs is 5. The lowest BCUT2D eigenvalue weighted by atomic mass is 9.82. The summed E-state index contributed by atoms with van der Waals surface area (Å²) in [5, 5.41) is 3.59. The molecule has 1 aliphatic carbocycles. The van der Waals surface area contributed by atoms with E-state index < -0.39 is 0 Å². The van der Waals surface area contributed by atoms with Crippen molar-refractivity contribution in [2.45, 2.75) is 44.8 Å². The Kier molecular flexibility index (Phi) is 3.95. The summed E-state index contributed by atoms with van der Waals surface area (Å²) in [4.78, 5) is 6.96. The number of guanidine groups is 1. The van der Waals surface area contributed by atoms with E-state index in [9.17, 15) is 0 Å². The number of ether oxygens (including phenoxy) is 1. The topological polar surface area (TPSA) is 36.9 Å². The van der Waals surface area contributed by atoms with Crippen LogP contribution in [0.4, 0.5) is 0 Å². The van der Waals surface area contributed by atoms with Gasteiger partial charge in [-0.2, -0.15) is 0 Å².